The molecule has 1 amide bonds. The summed E-state index contributed by atoms with van der Waals surface area (Å²) in [5, 5.41) is 3.04. The molecule has 2 nitrogen and oxygen atoms in total. The second-order valence-electron chi connectivity index (χ2n) is 4.21. The first-order chi connectivity index (χ1) is 7.79. The van der Waals surface area contributed by atoms with Crippen LogP contribution >= 0.6 is 11.6 Å². The summed E-state index contributed by atoms with van der Waals surface area (Å²) in [6.07, 6.45) is 3.46. The Morgan fingerprint density at radius 1 is 1.38 bits per heavy atom. The van der Waals surface area contributed by atoms with Gasteiger partial charge in [-0.05, 0) is 30.4 Å². The molecule has 1 N–H and O–H groups in total. The van der Waals surface area contributed by atoms with E-state index in [0.717, 1.165) is 19.3 Å². The molecule has 3 heteroatoms. The molecular formula is C13H16ClNO. The van der Waals surface area contributed by atoms with Gasteiger partial charge < -0.3 is 5.32 Å². The molecule has 86 valence electrons. The zero-order valence-corrected chi connectivity index (χ0v) is 9.96. The average molecular weight is 238 g/mol. The molecule has 0 saturated heterocycles. The Labute approximate surface area is 101 Å². The summed E-state index contributed by atoms with van der Waals surface area (Å²) in [7, 11) is 0. The van der Waals surface area contributed by atoms with E-state index in [4.69, 9.17) is 11.6 Å². The van der Waals surface area contributed by atoms with Crippen LogP contribution in [0.4, 0.5) is 0 Å². The quantitative estimate of drug-likeness (QED) is 0.803. The number of alkyl halides is 1. The lowest BCUT2D eigenvalue weighted by atomic mass is 9.88. The van der Waals surface area contributed by atoms with Crippen LogP contribution in [0, 0.1) is 0 Å². The molecule has 0 saturated carbocycles. The smallest absolute Gasteiger partial charge is 0.221 e. The van der Waals surface area contributed by atoms with E-state index in [1.165, 1.54) is 11.1 Å². The van der Waals surface area contributed by atoms with E-state index in [0.29, 0.717) is 12.3 Å². The van der Waals surface area contributed by atoms with Crippen LogP contribution in [0.5, 0.6) is 0 Å². The lowest BCUT2D eigenvalue weighted by Crippen LogP contribution is -2.38. The summed E-state index contributed by atoms with van der Waals surface area (Å²) in [5.41, 5.74) is 2.79. The topological polar surface area (TPSA) is 29.1 Å². The van der Waals surface area contributed by atoms with Crippen molar-refractivity contribution >= 4 is 17.5 Å². The number of benzene rings is 1. The van der Waals surface area contributed by atoms with Gasteiger partial charge in [-0.2, -0.15) is 0 Å². The molecule has 1 aromatic rings. The van der Waals surface area contributed by atoms with Gasteiger partial charge in [0.25, 0.3) is 0 Å². The van der Waals surface area contributed by atoms with Gasteiger partial charge in [-0.15, -0.1) is 11.6 Å². The van der Waals surface area contributed by atoms with E-state index in [-0.39, 0.29) is 11.9 Å². The molecule has 0 radical (unpaired) electrons. The minimum atomic E-state index is 0.0689. The van der Waals surface area contributed by atoms with Crippen LogP contribution in [0.2, 0.25) is 0 Å². The highest BCUT2D eigenvalue weighted by molar-refractivity contribution is 6.18. The zero-order chi connectivity index (χ0) is 11.4. The number of carbonyl (C=O) groups excluding carboxylic acids is 1. The molecule has 1 atom stereocenters. The Kier molecular flexibility index (Phi) is 3.83. The summed E-state index contributed by atoms with van der Waals surface area (Å²) in [6.45, 7) is 0. The predicted molar refractivity (Wildman–Crippen MR) is 65.7 cm³/mol. The van der Waals surface area contributed by atoms with Gasteiger partial charge in [0.05, 0.1) is 0 Å². The number of carbonyl (C=O) groups is 1. The standard InChI is InChI=1S/C13H16ClNO/c14-8-7-13(16)15-12-6-5-10-3-1-2-4-11(10)9-12/h1-4,12H,5-9H2,(H,15,16). The Bertz CT molecular complexity index is 378. The van der Waals surface area contributed by atoms with E-state index in [1.54, 1.807) is 0 Å². The minimum Gasteiger partial charge on any atom is -0.353 e. The number of rotatable bonds is 3. The molecule has 1 aliphatic carbocycles. The summed E-state index contributed by atoms with van der Waals surface area (Å²) < 4.78 is 0. The van der Waals surface area contributed by atoms with Crippen LogP contribution < -0.4 is 5.32 Å². The van der Waals surface area contributed by atoms with E-state index < -0.39 is 0 Å². The number of nitrogens with one attached hydrogen (secondary N) is 1. The first-order valence-corrected chi connectivity index (χ1v) is 6.25. The highest BCUT2D eigenvalue weighted by atomic mass is 35.5. The molecule has 0 fully saturated rings. The van der Waals surface area contributed by atoms with Crippen molar-refractivity contribution in [3.05, 3.63) is 35.4 Å². The first-order valence-electron chi connectivity index (χ1n) is 5.71. The Morgan fingerprint density at radius 3 is 2.88 bits per heavy atom. The lowest BCUT2D eigenvalue weighted by Gasteiger charge is -2.25. The summed E-state index contributed by atoms with van der Waals surface area (Å²) in [5.74, 6) is 0.467. The number of halogens is 1. The second-order valence-corrected chi connectivity index (χ2v) is 4.59. The number of fused-ring (bicyclic) bond motifs is 1. The van der Waals surface area contributed by atoms with Crippen molar-refractivity contribution in [2.45, 2.75) is 31.7 Å². The Balaban J connectivity index is 1.95. The molecule has 16 heavy (non-hydrogen) atoms. The van der Waals surface area contributed by atoms with Crippen LogP contribution in [-0.2, 0) is 17.6 Å². The monoisotopic (exact) mass is 237 g/mol. The van der Waals surface area contributed by atoms with Gasteiger partial charge in [0, 0.05) is 18.3 Å². The molecule has 0 spiro atoms. The maximum absolute atomic E-state index is 11.4. The fourth-order valence-corrected chi connectivity index (χ4v) is 2.38. The first kappa shape index (κ1) is 11.5. The van der Waals surface area contributed by atoms with E-state index in [1.807, 2.05) is 0 Å². The molecule has 1 unspecified atom stereocenters. The van der Waals surface area contributed by atoms with E-state index in [2.05, 4.69) is 29.6 Å². The maximum atomic E-state index is 11.4. The van der Waals surface area contributed by atoms with Crippen LogP contribution in [0.25, 0.3) is 0 Å². The molecular weight excluding hydrogens is 222 g/mol. The predicted octanol–water partition coefficient (Wildman–Crippen LogP) is 2.29. The fraction of sp³-hybridized carbons (Fsp3) is 0.462. The lowest BCUT2D eigenvalue weighted by molar-refractivity contribution is -0.121. The van der Waals surface area contributed by atoms with Crippen molar-refractivity contribution in [2.24, 2.45) is 0 Å². The van der Waals surface area contributed by atoms with Gasteiger partial charge >= 0.3 is 0 Å². The van der Waals surface area contributed by atoms with Crippen LogP contribution in [0.15, 0.2) is 24.3 Å². The van der Waals surface area contributed by atoms with Crippen molar-refractivity contribution in [3.8, 4) is 0 Å². The summed E-state index contributed by atoms with van der Waals surface area (Å²) in [4.78, 5) is 11.4. The van der Waals surface area contributed by atoms with Crippen LogP contribution in [0.3, 0.4) is 0 Å². The maximum Gasteiger partial charge on any atom is 0.221 e. The van der Waals surface area contributed by atoms with E-state index in [9.17, 15) is 4.79 Å². The third-order valence-corrected chi connectivity index (χ3v) is 3.22. The van der Waals surface area contributed by atoms with Gasteiger partial charge in [0.2, 0.25) is 5.91 Å². The fourth-order valence-electron chi connectivity index (χ4n) is 2.21. The zero-order valence-electron chi connectivity index (χ0n) is 9.21. The highest BCUT2D eigenvalue weighted by Gasteiger charge is 2.19. The minimum absolute atomic E-state index is 0.0689. The molecule has 0 aromatic heterocycles. The Hall–Kier alpha value is -1.02. The average Bonchev–Trinajstić information content (AvgIpc) is 2.29. The molecule has 1 aromatic carbocycles. The SMILES string of the molecule is O=C(CCCl)NC1CCc2ccccc2C1. The van der Waals surface area contributed by atoms with Gasteiger partial charge in [-0.1, -0.05) is 24.3 Å². The largest absolute Gasteiger partial charge is 0.353 e. The number of hydrogen-bond acceptors (Lipinski definition) is 1. The van der Waals surface area contributed by atoms with Gasteiger partial charge in [0.15, 0.2) is 0 Å². The van der Waals surface area contributed by atoms with Crippen molar-refractivity contribution in [3.63, 3.8) is 0 Å². The second kappa shape index (κ2) is 5.35. The molecule has 2 rings (SSSR count). The number of hydrogen-bond donors (Lipinski definition) is 1. The Morgan fingerprint density at radius 2 is 2.12 bits per heavy atom. The van der Waals surface area contributed by atoms with Gasteiger partial charge in [-0.25, -0.2) is 0 Å². The third-order valence-electron chi connectivity index (χ3n) is 3.03. The number of amides is 1. The van der Waals surface area contributed by atoms with Crippen LogP contribution in [-0.4, -0.2) is 17.8 Å². The molecule has 1 aliphatic rings. The third kappa shape index (κ3) is 2.76. The summed E-state index contributed by atoms with van der Waals surface area (Å²) in [6, 6.07) is 8.74. The highest BCUT2D eigenvalue weighted by Crippen LogP contribution is 2.20. The normalized spacial score (nSPS) is 18.9. The molecule has 0 bridgehead atoms. The van der Waals surface area contributed by atoms with Crippen molar-refractivity contribution in [1.82, 2.24) is 5.32 Å². The van der Waals surface area contributed by atoms with Crippen molar-refractivity contribution in [1.29, 1.82) is 0 Å². The van der Waals surface area contributed by atoms with Crippen molar-refractivity contribution < 1.29 is 4.79 Å². The van der Waals surface area contributed by atoms with Gasteiger partial charge in [0.1, 0.15) is 0 Å². The van der Waals surface area contributed by atoms with Crippen LogP contribution in [0.1, 0.15) is 24.0 Å². The summed E-state index contributed by atoms with van der Waals surface area (Å²) >= 11 is 5.53. The molecule has 0 heterocycles. The molecule has 0 aliphatic heterocycles. The van der Waals surface area contributed by atoms with Gasteiger partial charge in [-0.3, -0.25) is 4.79 Å². The number of aryl methyl sites for hydroxylation is 1. The van der Waals surface area contributed by atoms with E-state index >= 15 is 0 Å². The van der Waals surface area contributed by atoms with Crippen molar-refractivity contribution in [2.75, 3.05) is 5.88 Å².